The van der Waals surface area contributed by atoms with Crippen LogP contribution in [0.15, 0.2) is 21.5 Å². The molecule has 0 aliphatic carbocycles. The summed E-state index contributed by atoms with van der Waals surface area (Å²) in [6.07, 6.45) is 0. The van der Waals surface area contributed by atoms with E-state index in [4.69, 9.17) is 11.6 Å². The minimum Gasteiger partial charge on any atom is -0.277 e. The molecule has 1 aliphatic heterocycles. The van der Waals surface area contributed by atoms with E-state index in [1.807, 2.05) is 0 Å². The van der Waals surface area contributed by atoms with Crippen molar-refractivity contribution in [1.29, 1.82) is 0 Å². The molecule has 1 N–H and O–H groups in total. The van der Waals surface area contributed by atoms with E-state index >= 15 is 0 Å². The SMILES string of the molecule is O=S1(=O)Nc2c(Br)ccc1c2Cl. The molecular formula is C6H3BrClNO2S. The van der Waals surface area contributed by atoms with Crippen LogP contribution in [0.3, 0.4) is 0 Å². The number of anilines is 1. The lowest BCUT2D eigenvalue weighted by atomic mass is 10.3. The zero-order valence-corrected chi connectivity index (χ0v) is 8.79. The molecule has 2 bridgehead atoms. The van der Waals surface area contributed by atoms with Crippen LogP contribution >= 0.6 is 27.5 Å². The van der Waals surface area contributed by atoms with Crippen molar-refractivity contribution in [2.45, 2.75) is 4.90 Å². The molecule has 0 fully saturated rings. The van der Waals surface area contributed by atoms with Crippen molar-refractivity contribution in [1.82, 2.24) is 0 Å². The maximum atomic E-state index is 11.2. The summed E-state index contributed by atoms with van der Waals surface area (Å²) < 4.78 is 25.5. The normalized spacial score (nSPS) is 17.5. The Labute approximate surface area is 82.9 Å². The second kappa shape index (κ2) is 2.37. The molecule has 6 heteroatoms. The van der Waals surface area contributed by atoms with E-state index in [1.54, 1.807) is 6.07 Å². The van der Waals surface area contributed by atoms with Gasteiger partial charge in [-0.2, -0.15) is 0 Å². The molecule has 3 nitrogen and oxygen atoms in total. The van der Waals surface area contributed by atoms with Gasteiger partial charge in [-0.05, 0) is 28.1 Å². The van der Waals surface area contributed by atoms with Gasteiger partial charge in [0.05, 0.1) is 10.7 Å². The zero-order valence-electron chi connectivity index (χ0n) is 5.64. The van der Waals surface area contributed by atoms with Gasteiger partial charge in [-0.3, -0.25) is 4.72 Å². The first-order valence-corrected chi connectivity index (χ1v) is 5.68. The van der Waals surface area contributed by atoms with E-state index in [0.29, 0.717) is 10.2 Å². The summed E-state index contributed by atoms with van der Waals surface area (Å²) in [7, 11) is -3.38. The highest BCUT2D eigenvalue weighted by molar-refractivity contribution is 9.10. The highest BCUT2D eigenvalue weighted by Crippen LogP contribution is 2.42. The minimum absolute atomic E-state index is 0.141. The van der Waals surface area contributed by atoms with E-state index in [2.05, 4.69) is 20.7 Å². The molecule has 0 saturated carbocycles. The molecule has 0 aromatic heterocycles. The lowest BCUT2D eigenvalue weighted by Gasteiger charge is -1.95. The fourth-order valence-corrected chi connectivity index (χ4v) is 3.45. The van der Waals surface area contributed by atoms with Gasteiger partial charge in [0.2, 0.25) is 0 Å². The van der Waals surface area contributed by atoms with Crippen LogP contribution in [0.5, 0.6) is 0 Å². The largest absolute Gasteiger partial charge is 0.277 e. The van der Waals surface area contributed by atoms with Crippen LogP contribution in [0, 0.1) is 0 Å². The smallest absolute Gasteiger partial charge is 0.263 e. The number of fused-ring (bicyclic) bond motifs is 2. The maximum Gasteiger partial charge on any atom is 0.263 e. The lowest BCUT2D eigenvalue weighted by Crippen LogP contribution is -2.05. The third-order valence-corrected chi connectivity index (χ3v) is 4.14. The van der Waals surface area contributed by atoms with Gasteiger partial charge in [-0.25, -0.2) is 8.42 Å². The lowest BCUT2D eigenvalue weighted by molar-refractivity contribution is 0.603. The van der Waals surface area contributed by atoms with Gasteiger partial charge in [0.15, 0.2) is 0 Å². The highest BCUT2D eigenvalue weighted by Gasteiger charge is 2.29. The molecule has 0 atom stereocenters. The van der Waals surface area contributed by atoms with E-state index in [-0.39, 0.29) is 9.92 Å². The Morgan fingerprint density at radius 1 is 1.42 bits per heavy atom. The van der Waals surface area contributed by atoms with Crippen LogP contribution in [0.4, 0.5) is 5.69 Å². The number of benzene rings is 1. The number of sulfonamides is 1. The molecule has 0 unspecified atom stereocenters. The van der Waals surface area contributed by atoms with Crippen molar-refractivity contribution < 1.29 is 8.42 Å². The molecule has 0 radical (unpaired) electrons. The zero-order chi connectivity index (χ0) is 8.93. The van der Waals surface area contributed by atoms with Gasteiger partial charge >= 0.3 is 0 Å². The number of nitrogens with one attached hydrogen (secondary N) is 1. The first-order valence-electron chi connectivity index (χ1n) is 3.03. The molecule has 1 aromatic carbocycles. The Morgan fingerprint density at radius 3 is 2.67 bits per heavy atom. The van der Waals surface area contributed by atoms with Crippen molar-refractivity contribution in [3.8, 4) is 0 Å². The number of halogens is 2. The predicted octanol–water partition coefficient (Wildman–Crippen LogP) is 2.22. The van der Waals surface area contributed by atoms with Crippen LogP contribution in [-0.4, -0.2) is 8.42 Å². The summed E-state index contributed by atoms with van der Waals surface area (Å²) in [6, 6.07) is 3.11. The molecule has 1 heterocycles. The van der Waals surface area contributed by atoms with Gasteiger partial charge in [-0.15, -0.1) is 0 Å². The Balaban J connectivity index is 2.87. The van der Waals surface area contributed by atoms with Crippen LogP contribution < -0.4 is 4.72 Å². The Hall–Kier alpha value is -0.260. The van der Waals surface area contributed by atoms with E-state index < -0.39 is 10.0 Å². The highest BCUT2D eigenvalue weighted by atomic mass is 79.9. The van der Waals surface area contributed by atoms with E-state index in [9.17, 15) is 8.42 Å². The van der Waals surface area contributed by atoms with Gasteiger partial charge in [0, 0.05) is 4.47 Å². The van der Waals surface area contributed by atoms with Crippen molar-refractivity contribution in [3.05, 3.63) is 21.6 Å². The maximum absolute atomic E-state index is 11.2. The van der Waals surface area contributed by atoms with Crippen LogP contribution in [0.25, 0.3) is 0 Å². The van der Waals surface area contributed by atoms with Crippen molar-refractivity contribution >= 4 is 43.2 Å². The monoisotopic (exact) mass is 267 g/mol. The van der Waals surface area contributed by atoms with Crippen molar-refractivity contribution in [2.75, 3.05) is 4.72 Å². The molecule has 1 aliphatic rings. The van der Waals surface area contributed by atoms with Gasteiger partial charge in [0.25, 0.3) is 10.0 Å². The first kappa shape index (κ1) is 8.34. The topological polar surface area (TPSA) is 46.2 Å². The summed E-state index contributed by atoms with van der Waals surface area (Å²) in [4.78, 5) is 0.141. The van der Waals surface area contributed by atoms with E-state index in [1.165, 1.54) is 6.07 Å². The molecule has 0 amide bonds. The molecule has 64 valence electrons. The van der Waals surface area contributed by atoms with Gasteiger partial charge < -0.3 is 0 Å². The standard InChI is InChI=1S/C6H3BrClNO2S/c7-3-1-2-4-5(8)6(3)9-12(4,10)11/h1-2,9H. The number of hydrogen-bond acceptors (Lipinski definition) is 2. The molecule has 12 heavy (non-hydrogen) atoms. The summed E-state index contributed by atoms with van der Waals surface area (Å²) in [5.41, 5.74) is 0.425. The predicted molar refractivity (Wildman–Crippen MR) is 50.0 cm³/mol. The van der Waals surface area contributed by atoms with Gasteiger partial charge in [-0.1, -0.05) is 11.6 Å². The van der Waals surface area contributed by atoms with Crippen molar-refractivity contribution in [3.63, 3.8) is 0 Å². The van der Waals surface area contributed by atoms with E-state index in [0.717, 1.165) is 0 Å². The number of rotatable bonds is 0. The van der Waals surface area contributed by atoms with Crippen molar-refractivity contribution in [2.24, 2.45) is 0 Å². The quantitative estimate of drug-likeness (QED) is 0.784. The van der Waals surface area contributed by atoms with Crippen LogP contribution in [0.2, 0.25) is 5.02 Å². The second-order valence-electron chi connectivity index (χ2n) is 2.34. The van der Waals surface area contributed by atoms with Gasteiger partial charge in [0.1, 0.15) is 4.90 Å². The Kier molecular flexibility index (Phi) is 1.65. The fourth-order valence-electron chi connectivity index (χ4n) is 1.02. The number of hydrogen-bond donors (Lipinski definition) is 1. The molecule has 0 spiro atoms. The summed E-state index contributed by atoms with van der Waals surface area (Å²) >= 11 is 8.94. The molecule has 2 rings (SSSR count). The Bertz CT molecular complexity index is 457. The third kappa shape index (κ3) is 0.967. The Morgan fingerprint density at radius 2 is 2.08 bits per heavy atom. The fraction of sp³-hybridized carbons (Fsp3) is 0. The summed E-state index contributed by atoms with van der Waals surface area (Å²) in [6.45, 7) is 0. The first-order chi connectivity index (χ1) is 5.52. The average Bonchev–Trinajstić information content (AvgIpc) is 2.09. The van der Waals surface area contributed by atoms with Crippen LogP contribution in [0.1, 0.15) is 0 Å². The van der Waals surface area contributed by atoms with Crippen LogP contribution in [-0.2, 0) is 10.0 Å². The molecule has 0 saturated heterocycles. The molecule has 1 aromatic rings. The third-order valence-electron chi connectivity index (χ3n) is 1.58. The molecular weight excluding hydrogens is 265 g/mol. The summed E-state index contributed by atoms with van der Waals surface area (Å²) in [5.74, 6) is 0. The average molecular weight is 269 g/mol. The summed E-state index contributed by atoms with van der Waals surface area (Å²) in [5, 5.41) is 0.254. The minimum atomic E-state index is -3.38. The second-order valence-corrected chi connectivity index (χ2v) is 5.22.